The Kier molecular flexibility index (Phi) is 13.9. The number of carbonyl (C=O) groups excluding carboxylic acids is 4. The summed E-state index contributed by atoms with van der Waals surface area (Å²) in [6.45, 7) is 2.34. The van der Waals surface area contributed by atoms with Crippen molar-refractivity contribution in [3.05, 3.63) is 197 Å². The van der Waals surface area contributed by atoms with Crippen molar-refractivity contribution in [3.8, 4) is 23.3 Å². The van der Waals surface area contributed by atoms with Gasteiger partial charge in [0.15, 0.2) is 0 Å². The van der Waals surface area contributed by atoms with Crippen LogP contribution in [-0.2, 0) is 24.5 Å². The maximum atomic E-state index is 17.0. The van der Waals surface area contributed by atoms with Gasteiger partial charge in [0.25, 0.3) is 0 Å². The second-order valence-electron chi connectivity index (χ2n) is 18.9. The van der Waals surface area contributed by atoms with Gasteiger partial charge in [-0.15, -0.1) is 0 Å². The molecule has 3 fully saturated rings. The number of para-hydroxylation sites is 1. The fourth-order valence-electron chi connectivity index (χ4n) is 11.5. The molecular weight excluding hydrogens is 905 g/mol. The molecule has 4 heterocycles. The van der Waals surface area contributed by atoms with Crippen molar-refractivity contribution in [1.29, 1.82) is 0 Å². The van der Waals surface area contributed by atoms with E-state index in [4.69, 9.17) is 14.2 Å². The lowest BCUT2D eigenvalue weighted by molar-refractivity contribution is -0.179. The molecule has 0 aliphatic carbocycles. The predicted octanol–water partition coefficient (Wildman–Crippen LogP) is 9.40. The van der Waals surface area contributed by atoms with Gasteiger partial charge in [-0.05, 0) is 90.6 Å². The molecule has 0 aromatic heterocycles. The predicted molar refractivity (Wildman–Crippen MR) is 273 cm³/mol. The molecule has 6 aromatic rings. The normalized spacial score (nSPS) is 23.1. The molecule has 4 aliphatic heterocycles. The standard InChI is InChI=1S/C60H58N4O8/c1-40(43-19-9-6-10-20-43)61-59(69)63-49-34-31-42(28-27-41-29-32-46(70-2)33-30-41)39-48(49)60(58(63)68)51(56(66)62-35-17-4-3-5-18-36-62)53-57(67)72-54(45-23-13-8-14-24-45)52(44-21-11-7-12-22-44)64(53)55(60)47-25-15-16-26-50(47)71-38-37-65/h6-16,19-26,29-34,39-40,51-55,65H,3-5,17-18,35-38H2,1-2H3,(H,61,69)/t40-,51-,52-,53-,54+,55+,60-/m1/s1. The van der Waals surface area contributed by atoms with Crippen LogP contribution >= 0.6 is 0 Å². The summed E-state index contributed by atoms with van der Waals surface area (Å²) < 4.78 is 18.5. The number of hydrogen-bond acceptors (Lipinski definition) is 9. The van der Waals surface area contributed by atoms with Crippen molar-refractivity contribution >= 4 is 29.5 Å². The van der Waals surface area contributed by atoms with E-state index in [0.29, 0.717) is 41.3 Å². The minimum Gasteiger partial charge on any atom is -0.497 e. The highest BCUT2D eigenvalue weighted by Gasteiger charge is 2.76. The number of nitrogens with one attached hydrogen (secondary N) is 1. The van der Waals surface area contributed by atoms with Crippen LogP contribution < -0.4 is 19.7 Å². The van der Waals surface area contributed by atoms with E-state index in [1.54, 1.807) is 25.3 Å². The number of esters is 1. The lowest BCUT2D eigenvalue weighted by Crippen LogP contribution is -2.57. The molecule has 12 heteroatoms. The number of amides is 4. The lowest BCUT2D eigenvalue weighted by atomic mass is 9.64. The van der Waals surface area contributed by atoms with Crippen LogP contribution in [0.4, 0.5) is 10.5 Å². The maximum Gasteiger partial charge on any atom is 0.329 e. The molecule has 12 nitrogen and oxygen atoms in total. The van der Waals surface area contributed by atoms with Crippen molar-refractivity contribution in [2.45, 2.75) is 74.7 Å². The fraction of sp³-hybridized carbons (Fsp3) is 0.300. The zero-order valence-electron chi connectivity index (χ0n) is 40.5. The lowest BCUT2D eigenvalue weighted by Gasteiger charge is -2.46. The molecule has 6 aromatic carbocycles. The number of cyclic esters (lactones) is 1. The molecule has 0 radical (unpaired) electrons. The first-order valence-corrected chi connectivity index (χ1v) is 24.9. The van der Waals surface area contributed by atoms with Crippen LogP contribution in [0.15, 0.2) is 158 Å². The number of likely N-dealkylation sites (tertiary alicyclic amines) is 1. The van der Waals surface area contributed by atoms with Gasteiger partial charge in [-0.25, -0.2) is 9.69 Å². The summed E-state index contributed by atoms with van der Waals surface area (Å²) in [5, 5.41) is 13.3. The van der Waals surface area contributed by atoms with E-state index in [9.17, 15) is 5.11 Å². The highest BCUT2D eigenvalue weighted by Crippen LogP contribution is 2.67. The number of aliphatic hydroxyl groups is 1. The molecular formula is C60H58N4O8. The third kappa shape index (κ3) is 8.77. The summed E-state index contributed by atoms with van der Waals surface area (Å²) in [4.78, 5) is 69.4. The van der Waals surface area contributed by atoms with E-state index in [-0.39, 0.29) is 24.8 Å². The number of aliphatic hydroxyl groups excluding tert-OH is 1. The molecule has 72 heavy (non-hydrogen) atoms. The molecule has 1 spiro atoms. The molecule has 10 rings (SSSR count). The number of benzene rings is 6. The summed E-state index contributed by atoms with van der Waals surface area (Å²) in [6.07, 6.45) is 3.49. The molecule has 4 amide bonds. The number of fused-ring (bicyclic) bond motifs is 3. The van der Waals surface area contributed by atoms with Gasteiger partial charge in [0.05, 0.1) is 43.4 Å². The second kappa shape index (κ2) is 20.9. The Morgan fingerprint density at radius 2 is 1.36 bits per heavy atom. The van der Waals surface area contributed by atoms with Crippen LogP contribution in [0.1, 0.15) is 102 Å². The first-order chi connectivity index (χ1) is 35.2. The van der Waals surface area contributed by atoms with E-state index < -0.39 is 59.5 Å². The Labute approximate surface area is 420 Å². The summed E-state index contributed by atoms with van der Waals surface area (Å²) >= 11 is 0. The number of ether oxygens (including phenoxy) is 3. The number of imide groups is 1. The Bertz CT molecular complexity index is 2990. The quantitative estimate of drug-likeness (QED) is 0.102. The number of morpholine rings is 1. The van der Waals surface area contributed by atoms with Crippen LogP contribution in [0.2, 0.25) is 0 Å². The fourth-order valence-corrected chi connectivity index (χ4v) is 11.5. The Morgan fingerprint density at radius 3 is 2.04 bits per heavy atom. The molecule has 0 bridgehead atoms. The number of rotatable bonds is 10. The largest absolute Gasteiger partial charge is 0.497 e. The van der Waals surface area contributed by atoms with Gasteiger partial charge in [0, 0.05) is 29.8 Å². The Balaban J connectivity index is 1.28. The minimum absolute atomic E-state index is 0.0748. The van der Waals surface area contributed by atoms with Crippen molar-refractivity contribution < 1.29 is 38.5 Å². The van der Waals surface area contributed by atoms with Gasteiger partial charge in [-0.2, -0.15) is 0 Å². The number of carbonyl (C=O) groups is 4. The van der Waals surface area contributed by atoms with E-state index in [0.717, 1.165) is 54.4 Å². The van der Waals surface area contributed by atoms with Crippen LogP contribution in [0, 0.1) is 17.8 Å². The number of hydrogen-bond donors (Lipinski definition) is 2. The summed E-state index contributed by atoms with van der Waals surface area (Å²) in [5.74, 6) is 4.48. The molecule has 0 unspecified atom stereocenters. The monoisotopic (exact) mass is 962 g/mol. The molecule has 0 saturated carbocycles. The SMILES string of the molecule is COc1ccc(C#Cc2ccc3c(c2)[C@]2(C(=O)N3C(=O)N[C@H](C)c3ccccc3)[C@H](c3ccccc3OCCO)N3[C@H](c4ccccc4)[C@H](c4ccccc4)OC(=O)[C@H]3[C@@H]2C(=O)N2CCCCCCC2)cc1. The van der Waals surface area contributed by atoms with E-state index >= 15 is 19.2 Å². The van der Waals surface area contributed by atoms with Crippen molar-refractivity contribution in [2.24, 2.45) is 5.92 Å². The van der Waals surface area contributed by atoms with Crippen molar-refractivity contribution in [1.82, 2.24) is 15.1 Å². The summed E-state index contributed by atoms with van der Waals surface area (Å²) in [7, 11) is 1.60. The zero-order valence-corrected chi connectivity index (χ0v) is 40.5. The molecule has 2 N–H and O–H groups in total. The van der Waals surface area contributed by atoms with Crippen molar-refractivity contribution in [3.63, 3.8) is 0 Å². The van der Waals surface area contributed by atoms with Crippen LogP contribution in [0.3, 0.4) is 0 Å². The van der Waals surface area contributed by atoms with Crippen LogP contribution in [0.5, 0.6) is 11.5 Å². The van der Waals surface area contributed by atoms with Gasteiger partial charge in [0.2, 0.25) is 11.8 Å². The maximum absolute atomic E-state index is 17.0. The van der Waals surface area contributed by atoms with E-state index in [2.05, 4.69) is 17.2 Å². The Hall–Kier alpha value is -7.72. The smallest absolute Gasteiger partial charge is 0.329 e. The van der Waals surface area contributed by atoms with E-state index in [1.165, 1.54) is 4.90 Å². The van der Waals surface area contributed by atoms with Gasteiger partial charge in [-0.3, -0.25) is 19.3 Å². The number of anilines is 1. The van der Waals surface area contributed by atoms with Gasteiger partial charge >= 0.3 is 12.0 Å². The zero-order chi connectivity index (χ0) is 49.8. The summed E-state index contributed by atoms with van der Waals surface area (Å²) in [5.41, 5.74) is 2.70. The molecule has 7 atom stereocenters. The average Bonchev–Trinajstić information content (AvgIpc) is 3.86. The molecule has 4 aliphatic rings. The highest BCUT2D eigenvalue weighted by atomic mass is 16.6. The highest BCUT2D eigenvalue weighted by molar-refractivity contribution is 6.24. The third-order valence-corrected chi connectivity index (χ3v) is 14.7. The third-order valence-electron chi connectivity index (χ3n) is 14.7. The van der Waals surface area contributed by atoms with Crippen LogP contribution in [-0.4, -0.2) is 78.2 Å². The molecule has 366 valence electrons. The average molecular weight is 963 g/mol. The Morgan fingerprint density at radius 1 is 0.750 bits per heavy atom. The minimum atomic E-state index is -2.00. The van der Waals surface area contributed by atoms with Gasteiger partial charge < -0.3 is 29.5 Å². The van der Waals surface area contributed by atoms with E-state index in [1.807, 2.05) is 156 Å². The van der Waals surface area contributed by atoms with Crippen molar-refractivity contribution in [2.75, 3.05) is 38.3 Å². The first kappa shape index (κ1) is 47.9. The van der Waals surface area contributed by atoms with Crippen LogP contribution in [0.25, 0.3) is 0 Å². The topological polar surface area (TPSA) is 138 Å². The summed E-state index contributed by atoms with van der Waals surface area (Å²) in [6, 6.07) is 44.2. The molecule has 3 saturated heterocycles. The number of methoxy groups -OCH3 is 1. The number of nitrogens with zero attached hydrogens (tertiary/aromatic N) is 3. The first-order valence-electron chi connectivity index (χ1n) is 24.9. The second-order valence-corrected chi connectivity index (χ2v) is 18.9. The van der Waals surface area contributed by atoms with Gasteiger partial charge in [-0.1, -0.05) is 140 Å². The van der Waals surface area contributed by atoms with Gasteiger partial charge in [0.1, 0.15) is 35.7 Å². The number of urea groups is 1.